The molecule has 3 rings (SSSR count). The van der Waals surface area contributed by atoms with E-state index in [4.69, 9.17) is 4.74 Å². The highest BCUT2D eigenvalue weighted by molar-refractivity contribution is 6.04. The van der Waals surface area contributed by atoms with Crippen LogP contribution in [0, 0.1) is 0 Å². The second kappa shape index (κ2) is 8.15. The van der Waals surface area contributed by atoms with Crippen molar-refractivity contribution in [3.63, 3.8) is 0 Å². The number of rotatable bonds is 7. The van der Waals surface area contributed by atoms with Gasteiger partial charge in [0, 0.05) is 13.0 Å². The average Bonchev–Trinajstić information content (AvgIpc) is 2.97. The van der Waals surface area contributed by atoms with Crippen molar-refractivity contribution < 1.29 is 19.1 Å². The van der Waals surface area contributed by atoms with Gasteiger partial charge in [0.2, 0.25) is 5.91 Å². The Morgan fingerprint density at radius 2 is 1.81 bits per heavy atom. The molecule has 0 spiro atoms. The molecule has 1 saturated heterocycles. The van der Waals surface area contributed by atoms with Crippen molar-refractivity contribution in [2.45, 2.75) is 25.4 Å². The first-order valence-corrected chi connectivity index (χ1v) is 8.30. The summed E-state index contributed by atoms with van der Waals surface area (Å²) in [6.07, 6.45) is 0.416. The summed E-state index contributed by atoms with van der Waals surface area (Å²) in [4.78, 5) is 34.4. The summed E-state index contributed by atoms with van der Waals surface area (Å²) >= 11 is 0. The number of nitrogens with one attached hydrogen (secondary N) is 3. The first-order chi connectivity index (χ1) is 12.6. The number of imide groups is 1. The molecule has 0 aliphatic carbocycles. The van der Waals surface area contributed by atoms with Crippen LogP contribution in [0.1, 0.15) is 18.4 Å². The van der Waals surface area contributed by atoms with Crippen LogP contribution in [0.2, 0.25) is 0 Å². The molecule has 7 heteroatoms. The Hall–Kier alpha value is -3.35. The normalized spacial score (nSPS) is 15.9. The molecule has 2 aromatic carbocycles. The molecule has 1 heterocycles. The van der Waals surface area contributed by atoms with E-state index in [-0.39, 0.29) is 18.7 Å². The topological polar surface area (TPSA) is 96.5 Å². The first-order valence-electron chi connectivity index (χ1n) is 8.30. The number of benzene rings is 2. The van der Waals surface area contributed by atoms with Gasteiger partial charge in [-0.25, -0.2) is 4.79 Å². The van der Waals surface area contributed by atoms with E-state index < -0.39 is 18.0 Å². The number of hydrogen-bond acceptors (Lipinski definition) is 4. The van der Waals surface area contributed by atoms with E-state index in [9.17, 15) is 14.4 Å². The Kier molecular flexibility index (Phi) is 5.48. The van der Waals surface area contributed by atoms with Gasteiger partial charge in [0.05, 0.1) is 0 Å². The van der Waals surface area contributed by atoms with Crippen molar-refractivity contribution in [1.29, 1.82) is 0 Å². The SMILES string of the molecule is O=C(CCC1NC(=O)NC1=O)NCc1cccc(Oc2ccccc2)c1. The lowest BCUT2D eigenvalue weighted by Gasteiger charge is -2.10. The van der Waals surface area contributed by atoms with Crippen LogP contribution in [0.4, 0.5) is 4.79 Å². The number of hydrogen-bond donors (Lipinski definition) is 3. The van der Waals surface area contributed by atoms with Crippen molar-refractivity contribution in [2.24, 2.45) is 0 Å². The molecule has 1 aliphatic heterocycles. The monoisotopic (exact) mass is 353 g/mol. The van der Waals surface area contributed by atoms with Gasteiger partial charge in [-0.15, -0.1) is 0 Å². The van der Waals surface area contributed by atoms with E-state index in [0.717, 1.165) is 11.3 Å². The van der Waals surface area contributed by atoms with E-state index in [0.29, 0.717) is 12.3 Å². The summed E-state index contributed by atoms with van der Waals surface area (Å²) in [5.74, 6) is 0.848. The van der Waals surface area contributed by atoms with Crippen molar-refractivity contribution in [2.75, 3.05) is 0 Å². The van der Waals surface area contributed by atoms with Crippen LogP contribution in [0.3, 0.4) is 0 Å². The number of ether oxygens (including phenoxy) is 1. The van der Waals surface area contributed by atoms with Gasteiger partial charge in [-0.1, -0.05) is 30.3 Å². The molecule has 7 nitrogen and oxygen atoms in total. The van der Waals surface area contributed by atoms with Crippen LogP contribution in [0.15, 0.2) is 54.6 Å². The highest BCUT2D eigenvalue weighted by Gasteiger charge is 2.29. The van der Waals surface area contributed by atoms with Crippen LogP contribution < -0.4 is 20.7 Å². The Labute approximate surface area is 150 Å². The highest BCUT2D eigenvalue weighted by atomic mass is 16.5. The fraction of sp³-hybridized carbons (Fsp3) is 0.211. The lowest BCUT2D eigenvalue weighted by Crippen LogP contribution is -2.31. The Balaban J connectivity index is 1.47. The summed E-state index contributed by atoms with van der Waals surface area (Å²) in [5.41, 5.74) is 0.902. The molecular weight excluding hydrogens is 334 g/mol. The molecule has 1 atom stereocenters. The minimum Gasteiger partial charge on any atom is -0.457 e. The summed E-state index contributed by atoms with van der Waals surface area (Å²) in [6.45, 7) is 0.355. The van der Waals surface area contributed by atoms with Crippen molar-refractivity contribution >= 4 is 17.8 Å². The Morgan fingerprint density at radius 3 is 2.54 bits per heavy atom. The zero-order valence-corrected chi connectivity index (χ0v) is 14.0. The Bertz CT molecular complexity index is 807. The predicted molar refractivity (Wildman–Crippen MR) is 94.5 cm³/mol. The highest BCUT2D eigenvalue weighted by Crippen LogP contribution is 2.21. The van der Waals surface area contributed by atoms with Crippen molar-refractivity contribution in [1.82, 2.24) is 16.0 Å². The van der Waals surface area contributed by atoms with Crippen molar-refractivity contribution in [3.05, 3.63) is 60.2 Å². The van der Waals surface area contributed by atoms with Crippen LogP contribution in [0.25, 0.3) is 0 Å². The third-order valence-electron chi connectivity index (χ3n) is 3.89. The standard InChI is InChI=1S/C19H19N3O4/c23-17(10-9-16-18(24)22-19(25)21-16)20-12-13-5-4-8-15(11-13)26-14-6-2-1-3-7-14/h1-8,11,16H,9-10,12H2,(H,20,23)(H2,21,22,24,25). The quantitative estimate of drug-likeness (QED) is 0.664. The zero-order chi connectivity index (χ0) is 18.4. The molecule has 1 fully saturated rings. The third-order valence-corrected chi connectivity index (χ3v) is 3.89. The minimum atomic E-state index is -0.643. The molecule has 1 unspecified atom stereocenters. The molecular formula is C19H19N3O4. The lowest BCUT2D eigenvalue weighted by atomic mass is 10.1. The number of para-hydroxylation sites is 1. The molecule has 3 N–H and O–H groups in total. The fourth-order valence-corrected chi connectivity index (χ4v) is 2.57. The molecule has 0 bridgehead atoms. The number of carbonyl (C=O) groups excluding carboxylic acids is 3. The molecule has 0 radical (unpaired) electrons. The Morgan fingerprint density at radius 1 is 1.04 bits per heavy atom. The molecule has 4 amide bonds. The van der Waals surface area contributed by atoms with Crippen LogP contribution in [-0.4, -0.2) is 23.9 Å². The van der Waals surface area contributed by atoms with Gasteiger partial charge in [0.25, 0.3) is 5.91 Å². The van der Waals surface area contributed by atoms with E-state index in [1.165, 1.54) is 0 Å². The van der Waals surface area contributed by atoms with Gasteiger partial charge in [-0.2, -0.15) is 0 Å². The van der Waals surface area contributed by atoms with E-state index in [1.807, 2.05) is 54.6 Å². The second-order valence-electron chi connectivity index (χ2n) is 5.89. The average molecular weight is 353 g/mol. The summed E-state index contributed by atoms with van der Waals surface area (Å²) in [7, 11) is 0. The predicted octanol–water partition coefficient (Wildman–Crippen LogP) is 2.08. The van der Waals surface area contributed by atoms with Gasteiger partial charge in [0.1, 0.15) is 17.5 Å². The van der Waals surface area contributed by atoms with Gasteiger partial charge in [-0.3, -0.25) is 14.9 Å². The summed E-state index contributed by atoms with van der Waals surface area (Å²) in [6, 6.07) is 15.7. The third kappa shape index (κ3) is 4.83. The number of urea groups is 1. The van der Waals surface area contributed by atoms with Crippen LogP contribution in [-0.2, 0) is 16.1 Å². The maximum Gasteiger partial charge on any atom is 0.322 e. The van der Waals surface area contributed by atoms with E-state index in [1.54, 1.807) is 0 Å². The maximum atomic E-state index is 12.0. The van der Waals surface area contributed by atoms with Gasteiger partial charge < -0.3 is 15.4 Å². The number of carbonyl (C=O) groups is 3. The van der Waals surface area contributed by atoms with Gasteiger partial charge in [0.15, 0.2) is 0 Å². The minimum absolute atomic E-state index is 0.151. The van der Waals surface area contributed by atoms with E-state index in [2.05, 4.69) is 16.0 Å². The maximum absolute atomic E-state index is 12.0. The largest absolute Gasteiger partial charge is 0.457 e. The molecule has 0 aromatic heterocycles. The molecule has 2 aromatic rings. The smallest absolute Gasteiger partial charge is 0.322 e. The summed E-state index contributed by atoms with van der Waals surface area (Å²) in [5, 5.41) is 7.41. The first kappa shape index (κ1) is 17.5. The number of amides is 4. The molecule has 0 saturated carbocycles. The molecule has 26 heavy (non-hydrogen) atoms. The van der Waals surface area contributed by atoms with E-state index >= 15 is 0 Å². The molecule has 1 aliphatic rings. The fourth-order valence-electron chi connectivity index (χ4n) is 2.57. The lowest BCUT2D eigenvalue weighted by molar-refractivity contribution is -0.122. The zero-order valence-electron chi connectivity index (χ0n) is 14.0. The van der Waals surface area contributed by atoms with Gasteiger partial charge in [-0.05, 0) is 36.2 Å². The van der Waals surface area contributed by atoms with Crippen LogP contribution in [0.5, 0.6) is 11.5 Å². The summed E-state index contributed by atoms with van der Waals surface area (Å²) < 4.78 is 5.77. The second-order valence-corrected chi connectivity index (χ2v) is 5.89. The molecule has 134 valence electrons. The van der Waals surface area contributed by atoms with Crippen molar-refractivity contribution in [3.8, 4) is 11.5 Å². The van der Waals surface area contributed by atoms with Gasteiger partial charge >= 0.3 is 6.03 Å². The van der Waals surface area contributed by atoms with Crippen LogP contribution >= 0.6 is 0 Å².